The summed E-state index contributed by atoms with van der Waals surface area (Å²) in [5.41, 5.74) is 0. The summed E-state index contributed by atoms with van der Waals surface area (Å²) in [5.74, 6) is 0. The van der Waals surface area contributed by atoms with Gasteiger partial charge in [-0.2, -0.15) is 0 Å². The van der Waals surface area contributed by atoms with Crippen LogP contribution in [0.15, 0.2) is 0 Å². The minimum absolute atomic E-state index is 0. The average Bonchev–Trinajstić information content (AvgIpc) is 2.41. The third kappa shape index (κ3) is 21.9. The maximum Gasteiger partial charge on any atom is 1.00 e. The molecule has 0 aromatic carbocycles. The van der Waals surface area contributed by atoms with E-state index >= 15 is 0 Å². The van der Waals surface area contributed by atoms with E-state index in [0.29, 0.717) is 0 Å². The van der Waals surface area contributed by atoms with Crippen LogP contribution in [0.1, 0.15) is 80.1 Å². The second kappa shape index (κ2) is 24.1. The van der Waals surface area contributed by atoms with Crippen molar-refractivity contribution in [3.05, 3.63) is 0 Å². The molecule has 0 aliphatic heterocycles. The third-order valence-electron chi connectivity index (χ3n) is 3.62. The predicted octanol–water partition coefficient (Wildman–Crippen LogP) is 7.04. The van der Waals surface area contributed by atoms with Crippen LogP contribution in [-0.2, 0) is 0 Å². The maximum absolute atomic E-state index is 2.33. The topological polar surface area (TPSA) is 0 Å². The van der Waals surface area contributed by atoms with Crippen molar-refractivity contribution < 1.29 is 0 Å². The normalized spacial score (nSPS) is 10.3. The van der Waals surface area contributed by atoms with Crippen molar-refractivity contribution in [2.75, 3.05) is 0 Å². The van der Waals surface area contributed by atoms with Gasteiger partial charge in [-0.05, 0) is 0 Å². The van der Waals surface area contributed by atoms with E-state index in [2.05, 4.69) is 41.5 Å². The summed E-state index contributed by atoms with van der Waals surface area (Å²) in [5, 5.41) is 9.68. The van der Waals surface area contributed by atoms with Gasteiger partial charge in [0.05, 0.1) is 0 Å². The molecule has 0 aromatic heterocycles. The molecule has 0 spiro atoms. The standard InChI is InChI=1S/2C9H21Ge.Te/c2*1-4-7-10(8-5-2)9-6-3;/h2*4-9H2,1-3H3;/q;;+1. The van der Waals surface area contributed by atoms with Crippen molar-refractivity contribution in [3.63, 3.8) is 0 Å². The summed E-state index contributed by atoms with van der Waals surface area (Å²) < 4.78 is 0. The number of hydrogen-bond acceptors (Lipinski definition) is 0. The Labute approximate surface area is 162 Å². The summed E-state index contributed by atoms with van der Waals surface area (Å²) in [4.78, 5) is 0. The summed E-state index contributed by atoms with van der Waals surface area (Å²) in [6.07, 6.45) is 8.64. The van der Waals surface area contributed by atoms with Gasteiger partial charge in [0.2, 0.25) is 0 Å². The van der Waals surface area contributed by atoms with E-state index in [0.717, 1.165) is 0 Å². The van der Waals surface area contributed by atoms with Gasteiger partial charge in [-0.1, -0.05) is 0 Å². The molecule has 3 heteroatoms. The first kappa shape index (κ1) is 27.7. The quantitative estimate of drug-likeness (QED) is 0.237. The first-order valence-electron chi connectivity index (χ1n) is 9.36. The van der Waals surface area contributed by atoms with Crippen LogP contribution in [0.5, 0.6) is 0 Å². The van der Waals surface area contributed by atoms with Gasteiger partial charge in [-0.15, -0.1) is 0 Å². The van der Waals surface area contributed by atoms with Gasteiger partial charge >= 0.3 is 164 Å². The van der Waals surface area contributed by atoms with Crippen LogP contribution < -0.4 is 0 Å². The van der Waals surface area contributed by atoms with E-state index in [4.69, 9.17) is 0 Å². The molecule has 0 heterocycles. The van der Waals surface area contributed by atoms with E-state index in [-0.39, 0.29) is 23.7 Å². The van der Waals surface area contributed by atoms with Crippen molar-refractivity contribution in [2.45, 2.75) is 112 Å². The van der Waals surface area contributed by atoms with Crippen molar-refractivity contribution in [1.82, 2.24) is 0 Å². The maximum atomic E-state index is 2.33. The fraction of sp³-hybridized carbons (Fsp3) is 1.00. The molecular formula is C18H42Ge2Te+. The average molecular weight is 531 g/mol. The van der Waals surface area contributed by atoms with Crippen molar-refractivity contribution >= 4 is 52.4 Å². The molecule has 0 unspecified atom stereocenters. The molecule has 21 heavy (non-hydrogen) atoms. The zero-order valence-electron chi connectivity index (χ0n) is 15.9. The molecule has 0 nitrogen and oxygen atoms in total. The Morgan fingerprint density at radius 3 is 0.619 bits per heavy atom. The van der Waals surface area contributed by atoms with Gasteiger partial charge in [0.1, 0.15) is 0 Å². The van der Waals surface area contributed by atoms with Crippen LogP contribution in [-0.4, -0.2) is 52.4 Å². The van der Waals surface area contributed by atoms with E-state index in [1.807, 2.05) is 0 Å². The molecule has 0 aliphatic rings. The van der Waals surface area contributed by atoms with Gasteiger partial charge in [0.25, 0.3) is 0 Å². The van der Waals surface area contributed by atoms with Crippen LogP contribution in [0, 0.1) is 0 Å². The van der Waals surface area contributed by atoms with Crippen molar-refractivity contribution in [2.24, 2.45) is 0 Å². The smallest absolute Gasteiger partial charge is 1.00 e. The van der Waals surface area contributed by atoms with Crippen LogP contribution in [0.4, 0.5) is 0 Å². The molecule has 0 N–H and O–H groups in total. The molecular weight excluding hydrogens is 489 g/mol. The Morgan fingerprint density at radius 1 is 0.381 bits per heavy atom. The first-order chi connectivity index (χ1) is 9.69. The van der Waals surface area contributed by atoms with E-state index in [1.54, 1.807) is 31.5 Å². The zero-order chi connectivity index (χ0) is 15.6. The van der Waals surface area contributed by atoms with Crippen LogP contribution >= 0.6 is 0 Å². The zero-order valence-corrected chi connectivity index (χ0v) is 22.4. The second-order valence-electron chi connectivity index (χ2n) is 6.00. The van der Waals surface area contributed by atoms with Gasteiger partial charge in [-0.25, -0.2) is 0 Å². The van der Waals surface area contributed by atoms with Gasteiger partial charge < -0.3 is 0 Å². The number of hydrogen-bond donors (Lipinski definition) is 0. The molecule has 127 valence electrons. The Morgan fingerprint density at radius 2 is 0.524 bits per heavy atom. The molecule has 0 aliphatic carbocycles. The summed E-state index contributed by atoms with van der Waals surface area (Å²) >= 11 is -0.972. The van der Waals surface area contributed by atoms with E-state index in [1.165, 1.54) is 38.5 Å². The summed E-state index contributed by atoms with van der Waals surface area (Å²) in [7, 11) is 0. The largest absolute Gasteiger partial charge is 1.00 e. The fourth-order valence-electron chi connectivity index (χ4n) is 2.87. The second-order valence-corrected chi connectivity index (χ2v) is 18.6. The van der Waals surface area contributed by atoms with Crippen LogP contribution in [0.3, 0.4) is 0 Å². The van der Waals surface area contributed by atoms with Gasteiger partial charge in [-0.3, -0.25) is 0 Å². The van der Waals surface area contributed by atoms with Crippen LogP contribution in [0.2, 0.25) is 31.5 Å². The molecule has 0 bridgehead atoms. The molecule has 0 amide bonds. The molecule has 0 fully saturated rings. The fourth-order valence-corrected chi connectivity index (χ4v) is 14.9. The first-order valence-corrected chi connectivity index (χ1v) is 18.3. The molecule has 0 saturated heterocycles. The molecule has 5 radical (unpaired) electrons. The van der Waals surface area contributed by atoms with E-state index in [9.17, 15) is 0 Å². The minimum atomic E-state index is -0.486. The van der Waals surface area contributed by atoms with Gasteiger partial charge in [0.15, 0.2) is 0 Å². The molecule has 0 atom stereocenters. The summed E-state index contributed by atoms with van der Waals surface area (Å²) in [6, 6.07) is 0. The molecule has 0 saturated carbocycles. The van der Waals surface area contributed by atoms with Crippen molar-refractivity contribution in [1.29, 1.82) is 0 Å². The minimum Gasteiger partial charge on any atom is 1.00 e. The molecule has 0 aromatic rings. The Hall–Kier alpha value is 1.88. The summed E-state index contributed by atoms with van der Waals surface area (Å²) in [6.45, 7) is 14.0. The van der Waals surface area contributed by atoms with Crippen LogP contribution in [0.25, 0.3) is 0 Å². The number of rotatable bonds is 12. The predicted molar refractivity (Wildman–Crippen MR) is 108 cm³/mol. The third-order valence-corrected chi connectivity index (χ3v) is 18.8. The molecule has 0 rings (SSSR count). The Balaban J connectivity index is -0.000000295. The monoisotopic (exact) mass is 536 g/mol. The SMILES string of the molecule is CC[CH2][Ge]([CH2]CC)[CH2]CC.CC[CH2][Ge]([CH2]CC)[CH2]CC.[Te+]. The Bertz CT molecular complexity index is 119. The van der Waals surface area contributed by atoms with Gasteiger partial charge in [0, 0.05) is 0 Å². The van der Waals surface area contributed by atoms with Crippen molar-refractivity contribution in [3.8, 4) is 0 Å². The van der Waals surface area contributed by atoms with E-state index < -0.39 is 28.7 Å². The Kier molecular flexibility index (Phi) is 31.8.